The molecule has 29 heavy (non-hydrogen) atoms. The lowest BCUT2D eigenvalue weighted by Gasteiger charge is -2.18. The van der Waals surface area contributed by atoms with Crippen LogP contribution in [-0.4, -0.2) is 36.1 Å². The van der Waals surface area contributed by atoms with Crippen LogP contribution in [0.1, 0.15) is 12.0 Å². The minimum absolute atomic E-state index is 0.0774. The van der Waals surface area contributed by atoms with E-state index in [4.69, 9.17) is 9.15 Å². The zero-order valence-corrected chi connectivity index (χ0v) is 15.9. The minimum atomic E-state index is -2.96. The van der Waals surface area contributed by atoms with Crippen molar-refractivity contribution in [2.24, 2.45) is 0 Å². The van der Waals surface area contributed by atoms with Crippen LogP contribution in [0.25, 0.3) is 11.1 Å². The van der Waals surface area contributed by atoms with E-state index < -0.39 is 12.4 Å². The van der Waals surface area contributed by atoms with Crippen LogP contribution in [-0.2, 0) is 17.9 Å². The Morgan fingerprint density at radius 3 is 2.69 bits per heavy atom. The molecule has 0 spiro atoms. The van der Waals surface area contributed by atoms with Gasteiger partial charge < -0.3 is 18.8 Å². The second-order valence-corrected chi connectivity index (χ2v) is 6.35. The van der Waals surface area contributed by atoms with Gasteiger partial charge in [-0.3, -0.25) is 9.36 Å². The molecule has 1 amide bonds. The maximum atomic E-state index is 12.5. The van der Waals surface area contributed by atoms with Crippen LogP contribution in [0.4, 0.5) is 8.78 Å². The summed E-state index contributed by atoms with van der Waals surface area (Å²) in [7, 11) is 2.97. The Morgan fingerprint density at radius 1 is 1.21 bits per heavy atom. The van der Waals surface area contributed by atoms with Crippen molar-refractivity contribution in [3.8, 4) is 11.5 Å². The summed E-state index contributed by atoms with van der Waals surface area (Å²) < 4.78 is 40.9. The van der Waals surface area contributed by atoms with Gasteiger partial charge in [0.05, 0.1) is 12.6 Å². The lowest BCUT2D eigenvalue weighted by molar-refractivity contribution is -0.130. The Kier molecular flexibility index (Phi) is 6.16. The molecule has 9 heteroatoms. The number of aromatic nitrogens is 1. The number of halogens is 2. The molecule has 0 aliphatic heterocycles. The van der Waals surface area contributed by atoms with E-state index in [0.29, 0.717) is 16.7 Å². The summed E-state index contributed by atoms with van der Waals surface area (Å²) in [5.74, 6) is -0.624. The lowest BCUT2D eigenvalue weighted by Crippen LogP contribution is -2.28. The number of carbonyl (C=O) groups excluding carboxylic acids is 1. The Labute approximate surface area is 165 Å². The quantitative estimate of drug-likeness (QED) is 0.574. The van der Waals surface area contributed by atoms with E-state index in [1.807, 2.05) is 0 Å². The van der Waals surface area contributed by atoms with Crippen molar-refractivity contribution in [1.29, 1.82) is 0 Å². The maximum Gasteiger partial charge on any atom is 0.419 e. The van der Waals surface area contributed by atoms with Gasteiger partial charge in [0.1, 0.15) is 0 Å². The first kappa shape index (κ1) is 20.4. The van der Waals surface area contributed by atoms with E-state index in [2.05, 4.69) is 4.74 Å². The smallest absolute Gasteiger partial charge is 0.419 e. The first-order chi connectivity index (χ1) is 13.9. The van der Waals surface area contributed by atoms with E-state index in [0.717, 1.165) is 0 Å². The Balaban J connectivity index is 1.64. The number of nitrogens with zero attached hydrogens (tertiary/aromatic N) is 2. The summed E-state index contributed by atoms with van der Waals surface area (Å²) in [5, 5.41) is 0. The third-order valence-electron chi connectivity index (χ3n) is 4.41. The molecule has 0 aliphatic rings. The third-order valence-corrected chi connectivity index (χ3v) is 4.41. The number of benzene rings is 2. The molecule has 0 unspecified atom stereocenters. The number of rotatable bonds is 8. The average molecular weight is 406 g/mol. The highest BCUT2D eigenvalue weighted by Crippen LogP contribution is 2.29. The fourth-order valence-corrected chi connectivity index (χ4v) is 2.99. The summed E-state index contributed by atoms with van der Waals surface area (Å²) in [6.45, 7) is -2.53. The number of ether oxygens (including phenoxy) is 2. The molecule has 7 nitrogen and oxygen atoms in total. The van der Waals surface area contributed by atoms with Crippen LogP contribution in [0.5, 0.6) is 11.5 Å². The predicted octanol–water partition coefficient (Wildman–Crippen LogP) is 3.25. The van der Waals surface area contributed by atoms with Crippen molar-refractivity contribution in [3.05, 3.63) is 58.6 Å². The molecule has 0 bridgehead atoms. The summed E-state index contributed by atoms with van der Waals surface area (Å²) >= 11 is 0. The number of amides is 1. The van der Waals surface area contributed by atoms with Gasteiger partial charge in [-0.25, -0.2) is 4.79 Å². The summed E-state index contributed by atoms with van der Waals surface area (Å²) in [6.07, 6.45) is 0.101. The summed E-state index contributed by atoms with van der Waals surface area (Å²) in [5.41, 5.74) is 1.79. The fourth-order valence-electron chi connectivity index (χ4n) is 2.99. The predicted molar refractivity (Wildman–Crippen MR) is 101 cm³/mol. The van der Waals surface area contributed by atoms with Crippen molar-refractivity contribution >= 4 is 17.0 Å². The van der Waals surface area contributed by atoms with Crippen molar-refractivity contribution in [3.63, 3.8) is 0 Å². The number of methoxy groups -OCH3 is 1. The SMILES string of the molecule is COc1cc(CN(C)C(=O)CCn2c(=O)oc3ccccc32)ccc1OC(F)F. The normalized spacial score (nSPS) is 11.1. The highest BCUT2D eigenvalue weighted by Gasteiger charge is 2.15. The van der Waals surface area contributed by atoms with Gasteiger partial charge in [-0.2, -0.15) is 8.78 Å². The largest absolute Gasteiger partial charge is 0.493 e. The molecule has 0 radical (unpaired) electrons. The van der Waals surface area contributed by atoms with Crippen LogP contribution in [0.2, 0.25) is 0 Å². The number of oxazole rings is 1. The van der Waals surface area contributed by atoms with Gasteiger partial charge in [-0.05, 0) is 29.8 Å². The lowest BCUT2D eigenvalue weighted by atomic mass is 10.2. The molecule has 0 N–H and O–H groups in total. The van der Waals surface area contributed by atoms with Gasteiger partial charge in [0.15, 0.2) is 17.1 Å². The molecule has 0 aliphatic carbocycles. The van der Waals surface area contributed by atoms with E-state index in [-0.39, 0.29) is 36.9 Å². The first-order valence-electron chi connectivity index (χ1n) is 8.83. The first-order valence-corrected chi connectivity index (χ1v) is 8.83. The Morgan fingerprint density at radius 2 is 1.97 bits per heavy atom. The van der Waals surface area contributed by atoms with Gasteiger partial charge in [0.25, 0.3) is 0 Å². The van der Waals surface area contributed by atoms with Crippen molar-refractivity contribution in [2.45, 2.75) is 26.1 Å². The zero-order chi connectivity index (χ0) is 21.0. The third kappa shape index (κ3) is 4.74. The zero-order valence-electron chi connectivity index (χ0n) is 15.9. The molecule has 154 valence electrons. The van der Waals surface area contributed by atoms with Gasteiger partial charge in [-0.15, -0.1) is 0 Å². The van der Waals surface area contributed by atoms with Crippen molar-refractivity contribution < 1.29 is 27.5 Å². The second-order valence-electron chi connectivity index (χ2n) is 6.35. The van der Waals surface area contributed by atoms with Crippen LogP contribution in [0.3, 0.4) is 0 Å². The number of aryl methyl sites for hydroxylation is 1. The van der Waals surface area contributed by atoms with E-state index in [1.54, 1.807) is 37.4 Å². The van der Waals surface area contributed by atoms with E-state index in [9.17, 15) is 18.4 Å². The molecule has 1 aromatic heterocycles. The van der Waals surface area contributed by atoms with Crippen LogP contribution >= 0.6 is 0 Å². The number of carbonyl (C=O) groups is 1. The molecular weight excluding hydrogens is 386 g/mol. The summed E-state index contributed by atoms with van der Waals surface area (Å²) in [6, 6.07) is 11.5. The van der Waals surface area contributed by atoms with Gasteiger partial charge in [-0.1, -0.05) is 18.2 Å². The maximum absolute atomic E-state index is 12.5. The monoisotopic (exact) mass is 406 g/mol. The van der Waals surface area contributed by atoms with Gasteiger partial charge in [0.2, 0.25) is 5.91 Å². The number of hydrogen-bond acceptors (Lipinski definition) is 5. The Bertz CT molecular complexity index is 1060. The number of para-hydroxylation sites is 2. The number of alkyl halides is 2. The molecule has 0 atom stereocenters. The van der Waals surface area contributed by atoms with Gasteiger partial charge in [0, 0.05) is 26.6 Å². The van der Waals surface area contributed by atoms with Crippen LogP contribution in [0, 0.1) is 0 Å². The molecule has 3 aromatic rings. The number of hydrogen-bond donors (Lipinski definition) is 0. The molecular formula is C20H20F2N2O5. The van der Waals surface area contributed by atoms with Crippen LogP contribution in [0.15, 0.2) is 51.7 Å². The standard InChI is InChI=1S/C20H20F2N2O5/c1-23(12-13-7-8-16(28-19(21)22)17(11-13)27-2)18(25)9-10-24-14-5-3-4-6-15(14)29-20(24)26/h3-8,11,19H,9-10,12H2,1-2H3. The molecule has 0 saturated carbocycles. The van der Waals surface area contributed by atoms with Crippen molar-refractivity contribution in [2.75, 3.05) is 14.2 Å². The van der Waals surface area contributed by atoms with E-state index in [1.165, 1.54) is 28.7 Å². The molecule has 0 fully saturated rings. The molecule has 3 rings (SSSR count). The minimum Gasteiger partial charge on any atom is -0.493 e. The van der Waals surface area contributed by atoms with Gasteiger partial charge >= 0.3 is 12.4 Å². The molecule has 2 aromatic carbocycles. The summed E-state index contributed by atoms with van der Waals surface area (Å²) in [4.78, 5) is 25.9. The number of fused-ring (bicyclic) bond motifs is 1. The average Bonchev–Trinajstić information content (AvgIpc) is 3.01. The fraction of sp³-hybridized carbons (Fsp3) is 0.300. The Hall–Kier alpha value is -3.36. The highest BCUT2D eigenvalue weighted by molar-refractivity contribution is 5.76. The highest BCUT2D eigenvalue weighted by atomic mass is 19.3. The van der Waals surface area contributed by atoms with E-state index >= 15 is 0 Å². The molecule has 1 heterocycles. The van der Waals surface area contributed by atoms with Crippen LogP contribution < -0.4 is 15.2 Å². The topological polar surface area (TPSA) is 73.9 Å². The molecule has 0 saturated heterocycles. The van der Waals surface area contributed by atoms with Crippen molar-refractivity contribution in [1.82, 2.24) is 9.47 Å². The second kappa shape index (κ2) is 8.76.